The van der Waals surface area contributed by atoms with Gasteiger partial charge in [-0.05, 0) is 19.9 Å². The number of benzene rings is 1. The maximum atomic E-state index is 13.0. The first kappa shape index (κ1) is 17.5. The highest BCUT2D eigenvalue weighted by atomic mass is 32.1. The van der Waals surface area contributed by atoms with E-state index in [9.17, 15) is 9.59 Å². The predicted molar refractivity (Wildman–Crippen MR) is 106 cm³/mol. The molecule has 2 aromatic heterocycles. The van der Waals surface area contributed by atoms with E-state index in [1.807, 2.05) is 43.0 Å². The number of urea groups is 1. The molecule has 1 aliphatic rings. The standard InChI is InChI=1S/C19H21N5O2S/c1-11(2)21-18(26)23-19-22-15-7-8-24(10-16(15)27-19)17(25)13-9-20-14-6-4-3-5-12(13)14/h3-6,9,11,20H,7-8,10H2,1-2H3,(H2,21,22,23,26). The second-order valence-electron chi connectivity index (χ2n) is 6.87. The number of carbonyl (C=O) groups is 2. The fraction of sp³-hybridized carbons (Fsp3) is 0.316. The molecule has 0 atom stereocenters. The molecule has 1 aliphatic heterocycles. The zero-order valence-corrected chi connectivity index (χ0v) is 16.0. The Morgan fingerprint density at radius 2 is 2.11 bits per heavy atom. The van der Waals surface area contributed by atoms with E-state index >= 15 is 0 Å². The summed E-state index contributed by atoms with van der Waals surface area (Å²) < 4.78 is 0. The van der Waals surface area contributed by atoms with Crippen LogP contribution in [0.15, 0.2) is 30.5 Å². The van der Waals surface area contributed by atoms with E-state index in [-0.39, 0.29) is 18.0 Å². The Bertz CT molecular complexity index is 1010. The third kappa shape index (κ3) is 3.52. The van der Waals surface area contributed by atoms with Crippen LogP contribution in [0.5, 0.6) is 0 Å². The van der Waals surface area contributed by atoms with Gasteiger partial charge in [-0.3, -0.25) is 10.1 Å². The molecule has 0 saturated heterocycles. The molecule has 27 heavy (non-hydrogen) atoms. The van der Waals surface area contributed by atoms with Crippen molar-refractivity contribution in [3.05, 3.63) is 46.6 Å². The fourth-order valence-electron chi connectivity index (χ4n) is 3.24. The van der Waals surface area contributed by atoms with Crippen LogP contribution in [0.4, 0.5) is 9.93 Å². The summed E-state index contributed by atoms with van der Waals surface area (Å²) in [4.78, 5) is 35.4. The first-order valence-electron chi connectivity index (χ1n) is 8.92. The molecule has 8 heteroatoms. The number of rotatable bonds is 3. The summed E-state index contributed by atoms with van der Waals surface area (Å²) >= 11 is 1.43. The number of aromatic nitrogens is 2. The molecular weight excluding hydrogens is 362 g/mol. The molecule has 0 fully saturated rings. The molecule has 3 aromatic rings. The number of hydrogen-bond acceptors (Lipinski definition) is 4. The zero-order valence-electron chi connectivity index (χ0n) is 15.2. The second-order valence-corrected chi connectivity index (χ2v) is 7.95. The van der Waals surface area contributed by atoms with Gasteiger partial charge in [0, 0.05) is 41.0 Å². The van der Waals surface area contributed by atoms with Crippen molar-refractivity contribution in [2.24, 2.45) is 0 Å². The molecule has 3 N–H and O–H groups in total. The number of nitrogens with zero attached hydrogens (tertiary/aromatic N) is 2. The lowest BCUT2D eigenvalue weighted by molar-refractivity contribution is 0.0738. The lowest BCUT2D eigenvalue weighted by Gasteiger charge is -2.25. The van der Waals surface area contributed by atoms with Crippen molar-refractivity contribution in [1.29, 1.82) is 0 Å². The first-order chi connectivity index (χ1) is 13.0. The summed E-state index contributed by atoms with van der Waals surface area (Å²) in [6.07, 6.45) is 2.46. The zero-order chi connectivity index (χ0) is 19.0. The lowest BCUT2D eigenvalue weighted by Crippen LogP contribution is -2.35. The van der Waals surface area contributed by atoms with Gasteiger partial charge in [0.1, 0.15) is 0 Å². The molecule has 3 heterocycles. The normalized spacial score (nSPS) is 13.7. The van der Waals surface area contributed by atoms with Crippen LogP contribution in [-0.4, -0.2) is 39.4 Å². The largest absolute Gasteiger partial charge is 0.360 e. The van der Waals surface area contributed by atoms with Crippen molar-refractivity contribution in [2.75, 3.05) is 11.9 Å². The Morgan fingerprint density at radius 1 is 1.30 bits per heavy atom. The summed E-state index contributed by atoms with van der Waals surface area (Å²) in [5.74, 6) is 0.0126. The predicted octanol–water partition coefficient (Wildman–Crippen LogP) is 3.35. The van der Waals surface area contributed by atoms with Gasteiger partial charge in [-0.15, -0.1) is 0 Å². The summed E-state index contributed by atoms with van der Waals surface area (Å²) in [6, 6.07) is 7.60. The average Bonchev–Trinajstić information content (AvgIpc) is 3.22. The Balaban J connectivity index is 1.50. The summed E-state index contributed by atoms with van der Waals surface area (Å²) in [7, 11) is 0. The molecule has 140 valence electrons. The monoisotopic (exact) mass is 383 g/mol. The number of para-hydroxylation sites is 1. The van der Waals surface area contributed by atoms with Crippen LogP contribution in [0, 0.1) is 0 Å². The molecule has 4 rings (SSSR count). The third-order valence-electron chi connectivity index (χ3n) is 4.48. The second kappa shape index (κ2) is 7.03. The average molecular weight is 383 g/mol. The van der Waals surface area contributed by atoms with Crippen LogP contribution in [0.1, 0.15) is 34.8 Å². The fourth-order valence-corrected chi connectivity index (χ4v) is 4.26. The van der Waals surface area contributed by atoms with Crippen LogP contribution < -0.4 is 10.6 Å². The Morgan fingerprint density at radius 3 is 2.93 bits per heavy atom. The number of nitrogens with one attached hydrogen (secondary N) is 3. The molecule has 0 aliphatic carbocycles. The summed E-state index contributed by atoms with van der Waals surface area (Å²) in [6.45, 7) is 4.94. The smallest absolute Gasteiger partial charge is 0.321 e. The van der Waals surface area contributed by atoms with Gasteiger partial charge in [-0.25, -0.2) is 9.78 Å². The van der Waals surface area contributed by atoms with E-state index in [2.05, 4.69) is 20.6 Å². The number of thiazole rings is 1. The SMILES string of the molecule is CC(C)NC(=O)Nc1nc2c(s1)CN(C(=O)c1c[nH]c3ccccc13)CC2. The van der Waals surface area contributed by atoms with Gasteiger partial charge in [-0.1, -0.05) is 29.5 Å². The molecule has 1 aromatic carbocycles. The van der Waals surface area contributed by atoms with E-state index in [4.69, 9.17) is 0 Å². The number of H-pyrrole nitrogens is 1. The van der Waals surface area contributed by atoms with Gasteiger partial charge in [0.25, 0.3) is 5.91 Å². The topological polar surface area (TPSA) is 90.1 Å². The van der Waals surface area contributed by atoms with Crippen molar-refractivity contribution >= 4 is 39.3 Å². The Labute approximate surface area is 160 Å². The number of anilines is 1. The minimum absolute atomic E-state index is 0.0126. The maximum absolute atomic E-state index is 13.0. The van der Waals surface area contributed by atoms with E-state index in [1.165, 1.54) is 11.3 Å². The highest BCUT2D eigenvalue weighted by molar-refractivity contribution is 7.15. The van der Waals surface area contributed by atoms with Crippen molar-refractivity contribution in [3.63, 3.8) is 0 Å². The van der Waals surface area contributed by atoms with Crippen LogP contribution in [-0.2, 0) is 13.0 Å². The molecule has 7 nitrogen and oxygen atoms in total. The highest BCUT2D eigenvalue weighted by Crippen LogP contribution is 2.30. The van der Waals surface area contributed by atoms with Crippen LogP contribution in [0.3, 0.4) is 0 Å². The molecule has 3 amide bonds. The molecule has 0 bridgehead atoms. The van der Waals surface area contributed by atoms with Crippen LogP contribution in [0.25, 0.3) is 10.9 Å². The van der Waals surface area contributed by atoms with E-state index in [0.717, 1.165) is 21.5 Å². The van der Waals surface area contributed by atoms with Crippen molar-refractivity contribution in [3.8, 4) is 0 Å². The summed E-state index contributed by atoms with van der Waals surface area (Å²) in [5.41, 5.74) is 2.61. The molecule has 0 spiro atoms. The van der Waals surface area contributed by atoms with Gasteiger partial charge in [0.05, 0.1) is 17.8 Å². The molecule has 0 unspecified atom stereocenters. The highest BCUT2D eigenvalue weighted by Gasteiger charge is 2.26. The number of hydrogen-bond donors (Lipinski definition) is 3. The number of amides is 3. The van der Waals surface area contributed by atoms with E-state index in [0.29, 0.717) is 30.2 Å². The Hall–Kier alpha value is -2.87. The molecular formula is C19H21N5O2S. The van der Waals surface area contributed by atoms with Crippen molar-refractivity contribution < 1.29 is 9.59 Å². The lowest BCUT2D eigenvalue weighted by atomic mass is 10.1. The van der Waals surface area contributed by atoms with Crippen LogP contribution in [0.2, 0.25) is 0 Å². The summed E-state index contributed by atoms with van der Waals surface area (Å²) in [5, 5.41) is 7.06. The minimum Gasteiger partial charge on any atom is -0.360 e. The third-order valence-corrected chi connectivity index (χ3v) is 5.48. The van der Waals surface area contributed by atoms with Crippen molar-refractivity contribution in [1.82, 2.24) is 20.2 Å². The maximum Gasteiger partial charge on any atom is 0.321 e. The van der Waals surface area contributed by atoms with Gasteiger partial charge >= 0.3 is 6.03 Å². The van der Waals surface area contributed by atoms with Gasteiger partial charge in [-0.2, -0.15) is 0 Å². The Kier molecular flexibility index (Phi) is 4.57. The first-order valence-corrected chi connectivity index (χ1v) is 9.74. The van der Waals surface area contributed by atoms with E-state index in [1.54, 1.807) is 6.20 Å². The van der Waals surface area contributed by atoms with Crippen molar-refractivity contribution in [2.45, 2.75) is 32.9 Å². The number of carbonyl (C=O) groups excluding carboxylic acids is 2. The molecule has 0 saturated carbocycles. The van der Waals surface area contributed by atoms with E-state index < -0.39 is 0 Å². The number of aromatic amines is 1. The quantitative estimate of drug-likeness (QED) is 0.648. The van der Waals surface area contributed by atoms with Gasteiger partial charge in [0.2, 0.25) is 0 Å². The van der Waals surface area contributed by atoms with Gasteiger partial charge in [0.15, 0.2) is 5.13 Å². The van der Waals surface area contributed by atoms with Gasteiger partial charge < -0.3 is 15.2 Å². The number of fused-ring (bicyclic) bond motifs is 2. The minimum atomic E-state index is -0.261. The van der Waals surface area contributed by atoms with Crippen LogP contribution >= 0.6 is 11.3 Å². The molecule has 0 radical (unpaired) electrons.